The first kappa shape index (κ1) is 17.9. The first-order valence-corrected chi connectivity index (χ1v) is 9.45. The molecule has 0 radical (unpaired) electrons. The van der Waals surface area contributed by atoms with Gasteiger partial charge in [0.05, 0.1) is 16.5 Å². The van der Waals surface area contributed by atoms with Crippen LogP contribution in [-0.2, 0) is 20.4 Å². The number of anilines is 1. The van der Waals surface area contributed by atoms with Crippen molar-refractivity contribution in [3.8, 4) is 0 Å². The van der Waals surface area contributed by atoms with Crippen LogP contribution in [0, 0.1) is 5.82 Å². The van der Waals surface area contributed by atoms with Crippen molar-refractivity contribution < 1.29 is 17.6 Å². The van der Waals surface area contributed by atoms with Crippen LogP contribution in [0.1, 0.15) is 5.56 Å². The van der Waals surface area contributed by atoms with E-state index in [0.29, 0.717) is 5.56 Å². The highest BCUT2D eigenvalue weighted by Gasteiger charge is 2.19. The lowest BCUT2D eigenvalue weighted by Gasteiger charge is -2.08. The molecule has 2 rings (SSSR count). The number of carbonyl (C=O) groups is 1. The zero-order valence-corrected chi connectivity index (χ0v) is 14.9. The maximum Gasteiger partial charge on any atom is 0.239 e. The lowest BCUT2D eigenvalue weighted by Crippen LogP contribution is -2.24. The summed E-state index contributed by atoms with van der Waals surface area (Å²) in [5.74, 6) is -2.64. The molecule has 0 fully saturated rings. The van der Waals surface area contributed by atoms with Crippen molar-refractivity contribution in [1.29, 1.82) is 0 Å². The predicted octanol–water partition coefficient (Wildman–Crippen LogP) is 3.80. The monoisotopic (exact) mass is 419 g/mol. The number of sulfone groups is 1. The molecule has 1 amide bonds. The molecule has 0 unspecified atom stereocenters. The van der Waals surface area contributed by atoms with Gasteiger partial charge in [0, 0.05) is 4.47 Å². The van der Waals surface area contributed by atoms with Gasteiger partial charge in [-0.05, 0) is 29.8 Å². The lowest BCUT2D eigenvalue weighted by molar-refractivity contribution is -0.113. The second-order valence-corrected chi connectivity index (χ2v) is 8.20. The number of amides is 1. The van der Waals surface area contributed by atoms with Crippen LogP contribution >= 0.6 is 27.5 Å². The Hall–Kier alpha value is -1.44. The van der Waals surface area contributed by atoms with Gasteiger partial charge < -0.3 is 5.32 Å². The third-order valence-electron chi connectivity index (χ3n) is 2.85. The molecule has 0 aliphatic heterocycles. The van der Waals surface area contributed by atoms with Crippen molar-refractivity contribution >= 4 is 49.0 Å². The summed E-state index contributed by atoms with van der Waals surface area (Å²) in [4.78, 5) is 11.8. The van der Waals surface area contributed by atoms with E-state index in [0.717, 1.165) is 4.47 Å². The first-order chi connectivity index (χ1) is 10.8. The summed E-state index contributed by atoms with van der Waals surface area (Å²) in [6.45, 7) is 0. The number of hydrogen-bond donors (Lipinski definition) is 1. The minimum Gasteiger partial charge on any atom is -0.323 e. The minimum absolute atomic E-state index is 0.153. The van der Waals surface area contributed by atoms with Crippen LogP contribution in [-0.4, -0.2) is 20.1 Å². The fourth-order valence-electron chi connectivity index (χ4n) is 1.92. The van der Waals surface area contributed by atoms with Crippen LogP contribution < -0.4 is 5.32 Å². The lowest BCUT2D eigenvalue weighted by atomic mass is 10.2. The first-order valence-electron chi connectivity index (χ1n) is 6.45. The van der Waals surface area contributed by atoms with Gasteiger partial charge in [-0.2, -0.15) is 0 Å². The molecule has 122 valence electrons. The van der Waals surface area contributed by atoms with Crippen molar-refractivity contribution in [2.45, 2.75) is 5.75 Å². The zero-order chi connectivity index (χ0) is 17.0. The maximum absolute atomic E-state index is 13.7. The van der Waals surface area contributed by atoms with Crippen molar-refractivity contribution in [2.24, 2.45) is 0 Å². The highest BCUT2D eigenvalue weighted by molar-refractivity contribution is 9.10. The molecule has 0 spiro atoms. The molecule has 0 aliphatic rings. The Morgan fingerprint density at radius 1 is 1.22 bits per heavy atom. The van der Waals surface area contributed by atoms with Gasteiger partial charge in [-0.25, -0.2) is 12.8 Å². The molecule has 0 atom stereocenters. The second kappa shape index (κ2) is 7.42. The van der Waals surface area contributed by atoms with Crippen molar-refractivity contribution in [2.75, 3.05) is 11.1 Å². The van der Waals surface area contributed by atoms with E-state index in [1.54, 1.807) is 24.3 Å². The minimum atomic E-state index is -3.68. The van der Waals surface area contributed by atoms with Gasteiger partial charge in [-0.3, -0.25) is 4.79 Å². The number of rotatable bonds is 5. The normalized spacial score (nSPS) is 11.3. The standard InChI is InChI=1S/C15H12BrClFNO3S/c16-11-4-1-3-10(7-11)8-23(21,22)9-14(20)19-13-6-2-5-12(17)15(13)18/h1-7H,8-9H2,(H,19,20). The van der Waals surface area contributed by atoms with Crippen LogP contribution in [0.2, 0.25) is 5.02 Å². The molecular weight excluding hydrogens is 409 g/mol. The molecule has 2 aromatic rings. The topological polar surface area (TPSA) is 63.2 Å². The molecule has 0 aromatic heterocycles. The highest BCUT2D eigenvalue weighted by Crippen LogP contribution is 2.22. The van der Waals surface area contributed by atoms with Gasteiger partial charge >= 0.3 is 0 Å². The number of benzene rings is 2. The summed E-state index contributed by atoms with van der Waals surface area (Å²) in [7, 11) is -3.68. The van der Waals surface area contributed by atoms with Crippen LogP contribution in [0.3, 0.4) is 0 Å². The Bertz CT molecular complexity index is 842. The van der Waals surface area contributed by atoms with E-state index in [9.17, 15) is 17.6 Å². The van der Waals surface area contributed by atoms with Crippen LogP contribution in [0.15, 0.2) is 46.9 Å². The molecule has 0 saturated carbocycles. The Morgan fingerprint density at radius 2 is 1.91 bits per heavy atom. The van der Waals surface area contributed by atoms with Gasteiger partial charge in [0.2, 0.25) is 5.91 Å². The van der Waals surface area contributed by atoms with Crippen LogP contribution in [0.4, 0.5) is 10.1 Å². The Balaban J connectivity index is 2.05. The molecule has 8 heteroatoms. The molecule has 4 nitrogen and oxygen atoms in total. The van der Waals surface area contributed by atoms with Gasteiger partial charge in [-0.1, -0.05) is 45.7 Å². The van der Waals surface area contributed by atoms with E-state index in [1.807, 2.05) is 0 Å². The smallest absolute Gasteiger partial charge is 0.239 e. The molecule has 1 N–H and O–H groups in total. The molecule has 0 aliphatic carbocycles. The van der Waals surface area contributed by atoms with E-state index < -0.39 is 27.3 Å². The van der Waals surface area contributed by atoms with Crippen molar-refractivity contribution in [1.82, 2.24) is 0 Å². The zero-order valence-electron chi connectivity index (χ0n) is 11.7. The average Bonchev–Trinajstić information content (AvgIpc) is 2.42. The van der Waals surface area contributed by atoms with Crippen LogP contribution in [0.25, 0.3) is 0 Å². The quantitative estimate of drug-likeness (QED) is 0.800. The summed E-state index contributed by atoms with van der Waals surface area (Å²) < 4.78 is 38.6. The van der Waals surface area contributed by atoms with Crippen LogP contribution in [0.5, 0.6) is 0 Å². The van der Waals surface area contributed by atoms with Gasteiger partial charge in [0.15, 0.2) is 15.7 Å². The fourth-order valence-corrected chi connectivity index (χ4v) is 3.80. The van der Waals surface area contributed by atoms with Crippen molar-refractivity contribution in [3.05, 3.63) is 63.3 Å². The molecule has 0 bridgehead atoms. The fraction of sp³-hybridized carbons (Fsp3) is 0.133. The molecule has 2 aromatic carbocycles. The summed E-state index contributed by atoms with van der Waals surface area (Å²) in [5.41, 5.74) is 0.404. The third-order valence-corrected chi connectivity index (χ3v) is 5.11. The third kappa shape index (κ3) is 5.30. The number of hydrogen-bond acceptors (Lipinski definition) is 3. The van der Waals surface area contributed by atoms with E-state index in [-0.39, 0.29) is 16.5 Å². The van der Waals surface area contributed by atoms with Gasteiger partial charge in [0.1, 0.15) is 5.75 Å². The molecule has 0 saturated heterocycles. The SMILES string of the molecule is O=C(CS(=O)(=O)Cc1cccc(Br)c1)Nc1cccc(Cl)c1F. The second-order valence-electron chi connectivity index (χ2n) is 4.81. The van der Waals surface area contributed by atoms with Gasteiger partial charge in [0.25, 0.3) is 0 Å². The van der Waals surface area contributed by atoms with E-state index >= 15 is 0 Å². The summed E-state index contributed by atoms with van der Waals surface area (Å²) in [6.07, 6.45) is 0. The van der Waals surface area contributed by atoms with E-state index in [2.05, 4.69) is 21.2 Å². The Labute approximate surface area is 146 Å². The Kier molecular flexibility index (Phi) is 5.78. The summed E-state index contributed by atoms with van der Waals surface area (Å²) >= 11 is 8.85. The predicted molar refractivity (Wildman–Crippen MR) is 91.7 cm³/mol. The largest absolute Gasteiger partial charge is 0.323 e. The van der Waals surface area contributed by atoms with Crippen molar-refractivity contribution in [3.63, 3.8) is 0 Å². The van der Waals surface area contributed by atoms with E-state index in [4.69, 9.17) is 11.6 Å². The molecule has 0 heterocycles. The van der Waals surface area contributed by atoms with E-state index in [1.165, 1.54) is 18.2 Å². The maximum atomic E-state index is 13.7. The van der Waals surface area contributed by atoms with Gasteiger partial charge in [-0.15, -0.1) is 0 Å². The average molecular weight is 421 g/mol. The number of carbonyl (C=O) groups excluding carboxylic acids is 1. The summed E-state index contributed by atoms with van der Waals surface area (Å²) in [6, 6.07) is 10.9. The molecule has 23 heavy (non-hydrogen) atoms. The molecular formula is C15H12BrClFNO3S. The summed E-state index contributed by atoms with van der Waals surface area (Å²) in [5, 5.41) is 2.06. The number of nitrogens with one attached hydrogen (secondary N) is 1. The Morgan fingerprint density at radius 3 is 2.61 bits per heavy atom. The highest BCUT2D eigenvalue weighted by atomic mass is 79.9. The number of halogens is 3.